The molecule has 1 aliphatic rings. The van der Waals surface area contributed by atoms with Gasteiger partial charge in [-0.05, 0) is 26.2 Å². The van der Waals surface area contributed by atoms with Gasteiger partial charge in [0.2, 0.25) is 0 Å². The van der Waals surface area contributed by atoms with Crippen molar-refractivity contribution < 1.29 is 14.6 Å². The summed E-state index contributed by atoms with van der Waals surface area (Å²) in [5, 5.41) is 9.74. The van der Waals surface area contributed by atoms with Crippen LogP contribution in [0.3, 0.4) is 0 Å². The Bertz CT molecular complexity index is 460. The third kappa shape index (κ3) is 3.02. The van der Waals surface area contributed by atoms with Crippen molar-refractivity contribution in [2.45, 2.75) is 26.2 Å². The molecule has 0 aromatic carbocycles. The Labute approximate surface area is 119 Å². The van der Waals surface area contributed by atoms with E-state index >= 15 is 0 Å². The Balaban J connectivity index is 2.09. The molecule has 1 amide bonds. The number of aryl methyl sites for hydroxylation is 1. The highest BCUT2D eigenvalue weighted by molar-refractivity contribution is 5.93. The van der Waals surface area contributed by atoms with Crippen LogP contribution in [0, 0.1) is 12.3 Å². The van der Waals surface area contributed by atoms with Crippen molar-refractivity contribution in [1.29, 1.82) is 0 Å². The summed E-state index contributed by atoms with van der Waals surface area (Å²) in [7, 11) is 1.66. The van der Waals surface area contributed by atoms with E-state index in [1.54, 1.807) is 12.0 Å². The summed E-state index contributed by atoms with van der Waals surface area (Å²) < 4.78 is 5.13. The smallest absolute Gasteiger partial charge is 0.274 e. The molecule has 6 heteroatoms. The number of carbonyl (C=O) groups is 1. The highest BCUT2D eigenvalue weighted by Gasteiger charge is 2.37. The zero-order chi connectivity index (χ0) is 14.6. The number of nitrogens with one attached hydrogen (secondary N) is 1. The average Bonchev–Trinajstić information content (AvgIpc) is 2.90. The number of aliphatic hydroxyl groups is 1. The molecular weight excluding hydrogens is 258 g/mol. The van der Waals surface area contributed by atoms with Crippen LogP contribution in [0.4, 0.5) is 0 Å². The molecule has 0 bridgehead atoms. The van der Waals surface area contributed by atoms with Crippen LogP contribution < -0.4 is 0 Å². The summed E-state index contributed by atoms with van der Waals surface area (Å²) in [6.07, 6.45) is 4.13. The lowest BCUT2D eigenvalue weighted by atomic mass is 9.78. The van der Waals surface area contributed by atoms with E-state index in [1.165, 1.54) is 6.33 Å². The van der Waals surface area contributed by atoms with E-state index in [4.69, 9.17) is 4.74 Å². The fraction of sp³-hybridized carbons (Fsp3) is 0.714. The predicted molar refractivity (Wildman–Crippen MR) is 74.5 cm³/mol. The van der Waals surface area contributed by atoms with Crippen molar-refractivity contribution in [2.24, 2.45) is 5.41 Å². The van der Waals surface area contributed by atoms with Gasteiger partial charge in [-0.2, -0.15) is 0 Å². The van der Waals surface area contributed by atoms with Gasteiger partial charge in [0, 0.05) is 37.9 Å². The quantitative estimate of drug-likeness (QED) is 0.843. The van der Waals surface area contributed by atoms with Crippen molar-refractivity contribution in [3.05, 3.63) is 17.7 Å². The lowest BCUT2D eigenvalue weighted by Gasteiger charge is -2.41. The second-order valence-corrected chi connectivity index (χ2v) is 5.61. The molecule has 1 aliphatic heterocycles. The largest absolute Gasteiger partial charge is 0.396 e. The molecule has 6 nitrogen and oxygen atoms in total. The summed E-state index contributed by atoms with van der Waals surface area (Å²) in [4.78, 5) is 21.3. The van der Waals surface area contributed by atoms with E-state index in [-0.39, 0.29) is 17.9 Å². The first kappa shape index (κ1) is 15.0. The monoisotopic (exact) mass is 281 g/mol. The fourth-order valence-electron chi connectivity index (χ4n) is 2.84. The van der Waals surface area contributed by atoms with Crippen molar-refractivity contribution in [1.82, 2.24) is 14.9 Å². The maximum Gasteiger partial charge on any atom is 0.274 e. The minimum absolute atomic E-state index is 0.0568. The molecule has 0 aliphatic carbocycles. The van der Waals surface area contributed by atoms with E-state index in [0.717, 1.165) is 31.5 Å². The number of aliphatic hydroxyl groups excluding tert-OH is 1. The number of amides is 1. The van der Waals surface area contributed by atoms with Gasteiger partial charge in [-0.1, -0.05) is 0 Å². The van der Waals surface area contributed by atoms with Crippen molar-refractivity contribution in [3.8, 4) is 0 Å². The first-order valence-corrected chi connectivity index (χ1v) is 7.01. The van der Waals surface area contributed by atoms with Crippen LogP contribution in [0.5, 0.6) is 0 Å². The number of ether oxygens (including phenoxy) is 1. The molecule has 1 fully saturated rings. The molecule has 1 aromatic heterocycles. The van der Waals surface area contributed by atoms with E-state index in [1.807, 2.05) is 6.92 Å². The number of imidazole rings is 1. The van der Waals surface area contributed by atoms with Gasteiger partial charge in [0.1, 0.15) is 5.69 Å². The van der Waals surface area contributed by atoms with Crippen LogP contribution >= 0.6 is 0 Å². The number of carbonyl (C=O) groups excluding carboxylic acids is 1. The summed E-state index contributed by atoms with van der Waals surface area (Å²) >= 11 is 0. The standard InChI is InChI=1S/C14H23N3O3/c1-11-12(16-10-15-11)13(19)17-6-3-4-14(8-17,9-18)5-7-20-2/h10,18H,3-9H2,1-2H3,(H,15,16)/t14-/m1/s1. The van der Waals surface area contributed by atoms with Gasteiger partial charge in [-0.3, -0.25) is 4.79 Å². The summed E-state index contributed by atoms with van der Waals surface area (Å²) in [6.45, 7) is 3.82. The second kappa shape index (κ2) is 6.37. The maximum atomic E-state index is 12.5. The van der Waals surface area contributed by atoms with Gasteiger partial charge in [-0.25, -0.2) is 4.98 Å². The van der Waals surface area contributed by atoms with Gasteiger partial charge in [-0.15, -0.1) is 0 Å². The van der Waals surface area contributed by atoms with Gasteiger partial charge in [0.05, 0.1) is 12.9 Å². The number of H-pyrrole nitrogens is 1. The molecule has 20 heavy (non-hydrogen) atoms. The maximum absolute atomic E-state index is 12.5. The van der Waals surface area contributed by atoms with Gasteiger partial charge < -0.3 is 19.7 Å². The highest BCUT2D eigenvalue weighted by atomic mass is 16.5. The van der Waals surface area contributed by atoms with E-state index in [0.29, 0.717) is 18.8 Å². The number of methoxy groups -OCH3 is 1. The normalized spacial score (nSPS) is 23.1. The van der Waals surface area contributed by atoms with Crippen molar-refractivity contribution >= 4 is 5.91 Å². The Morgan fingerprint density at radius 3 is 3.05 bits per heavy atom. The highest BCUT2D eigenvalue weighted by Crippen LogP contribution is 2.33. The molecule has 0 radical (unpaired) electrons. The predicted octanol–water partition coefficient (Wildman–Crippen LogP) is 0.969. The number of aromatic amines is 1. The van der Waals surface area contributed by atoms with Gasteiger partial charge in [0.25, 0.3) is 5.91 Å². The summed E-state index contributed by atoms with van der Waals surface area (Å²) in [5.41, 5.74) is 1.02. The lowest BCUT2D eigenvalue weighted by molar-refractivity contribution is 0.00872. The minimum Gasteiger partial charge on any atom is -0.396 e. The third-order valence-electron chi connectivity index (χ3n) is 4.15. The number of piperidine rings is 1. The molecule has 0 spiro atoms. The van der Waals surface area contributed by atoms with Crippen molar-refractivity contribution in [2.75, 3.05) is 33.4 Å². The Morgan fingerprint density at radius 2 is 2.45 bits per heavy atom. The first-order chi connectivity index (χ1) is 9.62. The average molecular weight is 281 g/mol. The minimum atomic E-state index is -0.242. The molecule has 112 valence electrons. The number of hydrogen-bond donors (Lipinski definition) is 2. The molecule has 1 atom stereocenters. The van der Waals surface area contributed by atoms with Crippen LogP contribution in [-0.2, 0) is 4.74 Å². The van der Waals surface area contributed by atoms with Crippen LogP contribution in [0.15, 0.2) is 6.33 Å². The first-order valence-electron chi connectivity index (χ1n) is 7.01. The van der Waals surface area contributed by atoms with E-state index in [2.05, 4.69) is 9.97 Å². The van der Waals surface area contributed by atoms with E-state index < -0.39 is 0 Å². The zero-order valence-electron chi connectivity index (χ0n) is 12.2. The zero-order valence-corrected chi connectivity index (χ0v) is 12.2. The molecule has 0 saturated carbocycles. The number of likely N-dealkylation sites (tertiary alicyclic amines) is 1. The Morgan fingerprint density at radius 1 is 1.65 bits per heavy atom. The Kier molecular flexibility index (Phi) is 4.77. The third-order valence-corrected chi connectivity index (χ3v) is 4.15. The lowest BCUT2D eigenvalue weighted by Crippen LogP contribution is -2.48. The molecule has 1 saturated heterocycles. The fourth-order valence-corrected chi connectivity index (χ4v) is 2.84. The van der Waals surface area contributed by atoms with Gasteiger partial charge >= 0.3 is 0 Å². The SMILES string of the molecule is COCC[C@]1(CO)CCCN(C(=O)c2nc[nH]c2C)C1. The summed E-state index contributed by atoms with van der Waals surface area (Å²) in [6, 6.07) is 0. The van der Waals surface area contributed by atoms with Gasteiger partial charge in [0.15, 0.2) is 0 Å². The number of rotatable bonds is 5. The Hall–Kier alpha value is -1.40. The van der Waals surface area contributed by atoms with E-state index in [9.17, 15) is 9.90 Å². The summed E-state index contributed by atoms with van der Waals surface area (Å²) in [5.74, 6) is -0.0568. The number of nitrogens with zero attached hydrogens (tertiary/aromatic N) is 2. The molecule has 1 aromatic rings. The molecule has 0 unspecified atom stereocenters. The second-order valence-electron chi connectivity index (χ2n) is 5.61. The van der Waals surface area contributed by atoms with Crippen LogP contribution in [0.25, 0.3) is 0 Å². The van der Waals surface area contributed by atoms with Crippen LogP contribution in [-0.4, -0.2) is 59.3 Å². The number of aromatic nitrogens is 2. The van der Waals surface area contributed by atoms with Crippen LogP contribution in [0.2, 0.25) is 0 Å². The van der Waals surface area contributed by atoms with Crippen molar-refractivity contribution in [3.63, 3.8) is 0 Å². The molecule has 2 heterocycles. The molecule has 2 N–H and O–H groups in total. The topological polar surface area (TPSA) is 78.5 Å². The molecule has 2 rings (SSSR count). The molecular formula is C14H23N3O3. The number of hydrogen-bond acceptors (Lipinski definition) is 4. The van der Waals surface area contributed by atoms with Crippen LogP contribution in [0.1, 0.15) is 35.4 Å².